The number of hydrogen-bond acceptors (Lipinski definition) is 4. The Balaban J connectivity index is 0.00000280. The molecule has 1 fully saturated rings. The average molecular weight is 501 g/mol. The number of hydrogen-bond donors (Lipinski definition) is 2. The lowest BCUT2D eigenvalue weighted by Crippen LogP contribution is -2.53. The monoisotopic (exact) mass is 501 g/mol. The number of nitrogens with zero attached hydrogens (tertiary/aromatic N) is 3. The lowest BCUT2D eigenvalue weighted by molar-refractivity contribution is -0.120. The minimum atomic E-state index is -0.229. The van der Waals surface area contributed by atoms with Crippen LogP contribution in [0.5, 0.6) is 0 Å². The first kappa shape index (κ1) is 22.0. The van der Waals surface area contributed by atoms with Gasteiger partial charge >= 0.3 is 0 Å². The van der Waals surface area contributed by atoms with Crippen LogP contribution in [0.4, 0.5) is 10.1 Å². The Morgan fingerprint density at radius 2 is 1.86 bits per heavy atom. The fourth-order valence-electron chi connectivity index (χ4n) is 2.98. The number of halogens is 2. The lowest BCUT2D eigenvalue weighted by Gasteiger charge is -2.37. The van der Waals surface area contributed by atoms with E-state index in [1.165, 1.54) is 12.1 Å². The number of furan rings is 1. The van der Waals surface area contributed by atoms with E-state index < -0.39 is 0 Å². The smallest absolute Gasteiger partial charge is 0.239 e. The summed E-state index contributed by atoms with van der Waals surface area (Å²) < 4.78 is 18.3. The fourth-order valence-corrected chi connectivity index (χ4v) is 2.98. The standard InChI is InChI=1S/C19H24FN5O2.HI/c1-21-19(23-14-18(26)22-13-17-3-2-12-27-17)25-10-8-24(9-11-25)16-6-4-15(20)5-7-16;/h2-7,12H,8-11,13-14H2,1H3,(H,21,23)(H,22,26);1H. The summed E-state index contributed by atoms with van der Waals surface area (Å²) >= 11 is 0. The Morgan fingerprint density at radius 3 is 2.46 bits per heavy atom. The van der Waals surface area contributed by atoms with E-state index in [1.54, 1.807) is 31.5 Å². The molecule has 1 aromatic heterocycles. The van der Waals surface area contributed by atoms with Crippen molar-refractivity contribution < 1.29 is 13.6 Å². The minimum Gasteiger partial charge on any atom is -0.467 e. The molecule has 28 heavy (non-hydrogen) atoms. The van der Waals surface area contributed by atoms with Crippen LogP contribution in [0.25, 0.3) is 0 Å². The van der Waals surface area contributed by atoms with Crippen molar-refractivity contribution >= 4 is 41.5 Å². The first-order valence-electron chi connectivity index (χ1n) is 8.91. The topological polar surface area (TPSA) is 73.1 Å². The van der Waals surface area contributed by atoms with Crippen LogP contribution in [0.3, 0.4) is 0 Å². The molecule has 2 aromatic rings. The number of anilines is 1. The van der Waals surface area contributed by atoms with Crippen LogP contribution in [0.2, 0.25) is 0 Å². The number of guanidine groups is 1. The maximum atomic E-state index is 13.1. The zero-order valence-electron chi connectivity index (χ0n) is 15.7. The number of nitrogens with one attached hydrogen (secondary N) is 2. The van der Waals surface area contributed by atoms with E-state index in [0.717, 1.165) is 31.9 Å². The van der Waals surface area contributed by atoms with E-state index in [-0.39, 0.29) is 42.2 Å². The second kappa shape index (κ2) is 10.9. The van der Waals surface area contributed by atoms with E-state index in [0.29, 0.717) is 18.3 Å². The zero-order valence-corrected chi connectivity index (χ0v) is 18.1. The predicted octanol–water partition coefficient (Wildman–Crippen LogP) is 2.05. The molecular formula is C19H25FIN5O2. The van der Waals surface area contributed by atoms with Gasteiger partial charge in [-0.2, -0.15) is 0 Å². The van der Waals surface area contributed by atoms with E-state index in [2.05, 4.69) is 25.4 Å². The molecule has 1 aliphatic heterocycles. The number of benzene rings is 1. The van der Waals surface area contributed by atoms with E-state index in [4.69, 9.17) is 4.42 Å². The second-order valence-electron chi connectivity index (χ2n) is 6.21. The third kappa shape index (κ3) is 6.11. The number of rotatable bonds is 5. The molecule has 0 aliphatic carbocycles. The summed E-state index contributed by atoms with van der Waals surface area (Å²) in [6.45, 7) is 3.65. The van der Waals surface area contributed by atoms with Crippen LogP contribution >= 0.6 is 24.0 Å². The molecule has 0 radical (unpaired) electrons. The fraction of sp³-hybridized carbons (Fsp3) is 0.368. The first-order valence-corrected chi connectivity index (χ1v) is 8.91. The van der Waals surface area contributed by atoms with Crippen molar-refractivity contribution in [3.8, 4) is 0 Å². The molecule has 1 aliphatic rings. The Kier molecular flexibility index (Phi) is 8.55. The Labute approximate surface area is 181 Å². The van der Waals surface area contributed by atoms with Crippen molar-refractivity contribution in [2.75, 3.05) is 44.7 Å². The summed E-state index contributed by atoms with van der Waals surface area (Å²) in [7, 11) is 1.70. The van der Waals surface area contributed by atoms with E-state index in [1.807, 2.05) is 6.07 Å². The molecule has 3 rings (SSSR count). The minimum absolute atomic E-state index is 0. The van der Waals surface area contributed by atoms with Gasteiger partial charge in [0.2, 0.25) is 5.91 Å². The number of carbonyl (C=O) groups is 1. The van der Waals surface area contributed by atoms with Crippen molar-refractivity contribution in [1.82, 2.24) is 15.5 Å². The number of aliphatic imine (C=N–C) groups is 1. The molecule has 1 saturated heterocycles. The van der Waals surface area contributed by atoms with Gasteiger partial charge in [-0.15, -0.1) is 24.0 Å². The molecule has 2 heterocycles. The molecular weight excluding hydrogens is 476 g/mol. The van der Waals surface area contributed by atoms with Crippen molar-refractivity contribution in [3.63, 3.8) is 0 Å². The van der Waals surface area contributed by atoms with Gasteiger partial charge in [0.05, 0.1) is 19.4 Å². The molecule has 0 atom stereocenters. The van der Waals surface area contributed by atoms with Crippen molar-refractivity contribution in [3.05, 3.63) is 54.2 Å². The van der Waals surface area contributed by atoms with Crippen LogP contribution in [0.15, 0.2) is 52.1 Å². The van der Waals surface area contributed by atoms with E-state index in [9.17, 15) is 9.18 Å². The van der Waals surface area contributed by atoms with Gasteiger partial charge in [-0.25, -0.2) is 4.39 Å². The highest BCUT2D eigenvalue weighted by Gasteiger charge is 2.20. The Bertz CT molecular complexity index is 759. The summed E-state index contributed by atoms with van der Waals surface area (Å²) in [5, 5.41) is 5.89. The van der Waals surface area contributed by atoms with Gasteiger partial charge in [0.25, 0.3) is 0 Å². The molecule has 1 amide bonds. The molecule has 2 N–H and O–H groups in total. The highest BCUT2D eigenvalue weighted by molar-refractivity contribution is 14.0. The summed E-state index contributed by atoms with van der Waals surface area (Å²) in [5.74, 6) is 1.05. The van der Waals surface area contributed by atoms with Crippen molar-refractivity contribution in [2.45, 2.75) is 6.54 Å². The SMILES string of the molecule is CN=C(NCC(=O)NCc1ccco1)N1CCN(c2ccc(F)cc2)CC1.I. The van der Waals surface area contributed by atoms with Gasteiger partial charge in [-0.05, 0) is 36.4 Å². The van der Waals surface area contributed by atoms with Gasteiger partial charge in [-0.3, -0.25) is 9.79 Å². The lowest BCUT2D eigenvalue weighted by atomic mass is 10.2. The van der Waals surface area contributed by atoms with Gasteiger partial charge in [0.15, 0.2) is 5.96 Å². The van der Waals surface area contributed by atoms with Gasteiger partial charge < -0.3 is 24.9 Å². The molecule has 0 bridgehead atoms. The molecule has 7 nitrogen and oxygen atoms in total. The maximum absolute atomic E-state index is 13.1. The van der Waals surface area contributed by atoms with Crippen LogP contribution in [-0.2, 0) is 11.3 Å². The summed E-state index contributed by atoms with van der Waals surface area (Å²) in [5.41, 5.74) is 1.01. The molecule has 0 unspecified atom stereocenters. The molecule has 0 spiro atoms. The highest BCUT2D eigenvalue weighted by atomic mass is 127. The van der Waals surface area contributed by atoms with Crippen LogP contribution in [-0.4, -0.2) is 56.5 Å². The number of amides is 1. The average Bonchev–Trinajstić information content (AvgIpc) is 3.22. The van der Waals surface area contributed by atoms with Gasteiger partial charge in [0.1, 0.15) is 11.6 Å². The first-order chi connectivity index (χ1) is 13.2. The Morgan fingerprint density at radius 1 is 1.14 bits per heavy atom. The number of carbonyl (C=O) groups excluding carboxylic acids is 1. The normalized spacial score (nSPS) is 14.4. The zero-order chi connectivity index (χ0) is 19.1. The Hall–Kier alpha value is -2.30. The molecule has 0 saturated carbocycles. The van der Waals surface area contributed by atoms with Crippen LogP contribution in [0.1, 0.15) is 5.76 Å². The van der Waals surface area contributed by atoms with Gasteiger partial charge in [0, 0.05) is 38.9 Å². The van der Waals surface area contributed by atoms with Crippen molar-refractivity contribution in [2.24, 2.45) is 4.99 Å². The molecule has 152 valence electrons. The summed E-state index contributed by atoms with van der Waals surface area (Å²) in [6, 6.07) is 10.1. The van der Waals surface area contributed by atoms with E-state index >= 15 is 0 Å². The second-order valence-corrected chi connectivity index (χ2v) is 6.21. The van der Waals surface area contributed by atoms with Crippen molar-refractivity contribution in [1.29, 1.82) is 0 Å². The number of piperazine rings is 1. The van der Waals surface area contributed by atoms with Gasteiger partial charge in [-0.1, -0.05) is 0 Å². The molecule has 1 aromatic carbocycles. The third-order valence-electron chi connectivity index (χ3n) is 4.43. The predicted molar refractivity (Wildman–Crippen MR) is 118 cm³/mol. The quantitative estimate of drug-likeness (QED) is 0.373. The molecule has 9 heteroatoms. The van der Waals surface area contributed by atoms with Crippen LogP contribution in [0, 0.1) is 5.82 Å². The summed E-state index contributed by atoms with van der Waals surface area (Å²) in [4.78, 5) is 20.6. The maximum Gasteiger partial charge on any atom is 0.239 e. The highest BCUT2D eigenvalue weighted by Crippen LogP contribution is 2.16. The summed E-state index contributed by atoms with van der Waals surface area (Å²) in [6.07, 6.45) is 1.58. The third-order valence-corrected chi connectivity index (χ3v) is 4.43. The van der Waals surface area contributed by atoms with Crippen LogP contribution < -0.4 is 15.5 Å². The largest absolute Gasteiger partial charge is 0.467 e.